The molecular formula is C29H36N4O8. The predicted molar refractivity (Wildman–Crippen MR) is 148 cm³/mol. The maximum Gasteiger partial charge on any atom is 0.255 e. The average molecular weight is 569 g/mol. The number of nitrogens with one attached hydrogen (secondary N) is 1. The number of phenolic OH excluding ortho intramolecular Hbond substituents is 1. The molecule has 1 saturated heterocycles. The van der Waals surface area contributed by atoms with Crippen LogP contribution in [0.3, 0.4) is 0 Å². The molecule has 2 amide bonds. The number of aromatic hydroxyl groups is 1. The molecule has 12 heteroatoms. The van der Waals surface area contributed by atoms with Crippen LogP contribution in [-0.4, -0.2) is 99.0 Å². The van der Waals surface area contributed by atoms with E-state index in [4.69, 9.17) is 5.73 Å². The topological polar surface area (TPSA) is 194 Å². The molecule has 220 valence electrons. The van der Waals surface area contributed by atoms with Crippen molar-refractivity contribution >= 4 is 34.8 Å². The van der Waals surface area contributed by atoms with Gasteiger partial charge in [-0.3, -0.25) is 29.0 Å². The Morgan fingerprint density at radius 3 is 2.41 bits per heavy atom. The Labute approximate surface area is 237 Å². The summed E-state index contributed by atoms with van der Waals surface area (Å²) in [5.41, 5.74) is 2.06. The van der Waals surface area contributed by atoms with Crippen LogP contribution in [-0.2, 0) is 25.6 Å². The minimum absolute atomic E-state index is 0.0134. The van der Waals surface area contributed by atoms with Gasteiger partial charge in [-0.2, -0.15) is 0 Å². The van der Waals surface area contributed by atoms with Crippen molar-refractivity contribution in [3.63, 3.8) is 0 Å². The molecule has 1 aliphatic heterocycles. The molecule has 4 aliphatic rings. The van der Waals surface area contributed by atoms with Gasteiger partial charge in [0.15, 0.2) is 11.4 Å². The Hall–Kier alpha value is -3.74. The minimum Gasteiger partial charge on any atom is -0.508 e. The number of likely N-dealkylation sites (N-methyl/N-ethyl adjacent to an activating group) is 1. The normalized spacial score (nSPS) is 28.9. The number of hydrogen-bond donors (Lipinski definition) is 6. The third-order valence-electron chi connectivity index (χ3n) is 9.11. The van der Waals surface area contributed by atoms with Crippen molar-refractivity contribution in [2.45, 2.75) is 44.2 Å². The van der Waals surface area contributed by atoms with E-state index in [1.54, 1.807) is 20.2 Å². The first kappa shape index (κ1) is 28.8. The fourth-order valence-electron chi connectivity index (χ4n) is 6.93. The van der Waals surface area contributed by atoms with E-state index in [9.17, 15) is 39.6 Å². The van der Waals surface area contributed by atoms with Crippen LogP contribution >= 0.6 is 0 Å². The SMILES string of the molecule is CC1CCN(CC(=O)Nc2ccc3c(c2O)C(O)=C2C(=O)[C@]4(O)C(O)=C(C(N)=O)C(=O)[C@@H](N(C)C)C4CC2C3)CC1. The highest BCUT2D eigenvalue weighted by molar-refractivity contribution is 6.24. The van der Waals surface area contributed by atoms with Gasteiger partial charge >= 0.3 is 0 Å². The van der Waals surface area contributed by atoms with E-state index in [-0.39, 0.29) is 42.1 Å². The quantitative estimate of drug-likeness (QED) is 0.217. The Morgan fingerprint density at radius 2 is 1.80 bits per heavy atom. The lowest BCUT2D eigenvalue weighted by molar-refractivity contribution is -0.153. The number of anilines is 1. The number of piperidine rings is 1. The summed E-state index contributed by atoms with van der Waals surface area (Å²) in [5.74, 6) is -6.84. The van der Waals surface area contributed by atoms with Gasteiger partial charge in [-0.05, 0) is 76.3 Å². The lowest BCUT2D eigenvalue weighted by atomic mass is 9.57. The number of benzene rings is 1. The Bertz CT molecular complexity index is 1410. The Kier molecular flexibility index (Phi) is 7.21. The molecule has 1 aromatic rings. The molecule has 12 nitrogen and oxygen atoms in total. The largest absolute Gasteiger partial charge is 0.508 e. The molecule has 7 N–H and O–H groups in total. The summed E-state index contributed by atoms with van der Waals surface area (Å²) in [6.07, 6.45) is 2.19. The second-order valence-corrected chi connectivity index (χ2v) is 12.0. The third kappa shape index (κ3) is 4.50. The van der Waals surface area contributed by atoms with Crippen LogP contribution in [0.15, 0.2) is 29.0 Å². The van der Waals surface area contributed by atoms with Gasteiger partial charge in [0.2, 0.25) is 11.7 Å². The molecule has 0 spiro atoms. The maximum absolute atomic E-state index is 13.9. The monoisotopic (exact) mass is 568 g/mol. The van der Waals surface area contributed by atoms with E-state index in [0.717, 1.165) is 25.9 Å². The number of Topliss-reactive ketones (excluding diaryl/α,β-unsaturated/α-hetero) is 2. The summed E-state index contributed by atoms with van der Waals surface area (Å²) in [6.45, 7) is 3.91. The van der Waals surface area contributed by atoms with Gasteiger partial charge in [-0.1, -0.05) is 13.0 Å². The number of amides is 2. The number of carbonyl (C=O) groups is 4. The van der Waals surface area contributed by atoms with Gasteiger partial charge < -0.3 is 31.5 Å². The minimum atomic E-state index is -2.70. The molecule has 1 saturated carbocycles. The number of carbonyl (C=O) groups excluding carboxylic acids is 4. The number of fused-ring (bicyclic) bond motifs is 3. The van der Waals surface area contributed by atoms with E-state index in [0.29, 0.717) is 11.5 Å². The summed E-state index contributed by atoms with van der Waals surface area (Å²) in [6, 6.07) is 2.04. The first-order valence-electron chi connectivity index (χ1n) is 13.8. The number of ketones is 2. The van der Waals surface area contributed by atoms with Gasteiger partial charge in [0.25, 0.3) is 5.91 Å². The zero-order valence-corrected chi connectivity index (χ0v) is 23.3. The lowest BCUT2D eigenvalue weighted by Gasteiger charge is -2.50. The highest BCUT2D eigenvalue weighted by Crippen LogP contribution is 2.53. The maximum atomic E-state index is 13.9. The average Bonchev–Trinajstić information content (AvgIpc) is 2.89. The number of primary amides is 1. The molecule has 4 atom stereocenters. The van der Waals surface area contributed by atoms with Crippen LogP contribution in [0.2, 0.25) is 0 Å². The van der Waals surface area contributed by atoms with Gasteiger partial charge in [-0.15, -0.1) is 0 Å². The van der Waals surface area contributed by atoms with Crippen LogP contribution in [0.4, 0.5) is 5.69 Å². The van der Waals surface area contributed by atoms with Gasteiger partial charge in [0.05, 0.1) is 23.8 Å². The molecule has 1 heterocycles. The summed E-state index contributed by atoms with van der Waals surface area (Å²) < 4.78 is 0. The highest BCUT2D eigenvalue weighted by atomic mass is 16.3. The van der Waals surface area contributed by atoms with Crippen molar-refractivity contribution in [1.82, 2.24) is 9.80 Å². The fraction of sp³-hybridized carbons (Fsp3) is 0.517. The predicted octanol–water partition coefficient (Wildman–Crippen LogP) is 0.634. The van der Waals surface area contributed by atoms with Crippen molar-refractivity contribution < 1.29 is 39.6 Å². The number of aliphatic hydroxyl groups is 3. The van der Waals surface area contributed by atoms with E-state index < -0.39 is 63.8 Å². The first-order valence-corrected chi connectivity index (χ1v) is 13.8. The standard InChI is InChI=1S/C29H36N4O8/c1-13-6-8-33(9-7-13)12-18(34)31-17-5-4-14-10-15-11-16-22(32(2)3)25(37)21(28(30)40)27(39)29(16,41)26(38)20(15)24(36)19(14)23(17)35/h4-5,13,15-16,22,35-36,39,41H,6-12H2,1-3H3,(H2,30,40)(H,31,34)/t15?,16?,22-,29-/m0/s1. The number of nitrogens with two attached hydrogens (primary N) is 1. The molecule has 0 bridgehead atoms. The van der Waals surface area contributed by atoms with E-state index in [2.05, 4.69) is 12.2 Å². The summed E-state index contributed by atoms with van der Waals surface area (Å²) in [4.78, 5) is 55.4. The van der Waals surface area contributed by atoms with Crippen LogP contribution in [0.1, 0.15) is 37.3 Å². The fourth-order valence-corrected chi connectivity index (χ4v) is 6.93. The zero-order valence-electron chi connectivity index (χ0n) is 23.3. The zero-order chi connectivity index (χ0) is 30.0. The first-order chi connectivity index (χ1) is 19.3. The molecule has 0 radical (unpaired) electrons. The van der Waals surface area contributed by atoms with Crippen molar-refractivity contribution in [2.75, 3.05) is 39.0 Å². The number of rotatable bonds is 5. The van der Waals surface area contributed by atoms with Gasteiger partial charge in [0.1, 0.15) is 22.8 Å². The second-order valence-electron chi connectivity index (χ2n) is 12.0. The molecule has 41 heavy (non-hydrogen) atoms. The molecular weight excluding hydrogens is 532 g/mol. The third-order valence-corrected chi connectivity index (χ3v) is 9.11. The number of likely N-dealkylation sites (tertiary alicyclic amines) is 1. The van der Waals surface area contributed by atoms with Crippen molar-refractivity contribution in [3.8, 4) is 5.75 Å². The Morgan fingerprint density at radius 1 is 1.15 bits per heavy atom. The number of phenols is 1. The Balaban J connectivity index is 1.51. The summed E-state index contributed by atoms with van der Waals surface area (Å²) in [5, 5.41) is 47.8. The van der Waals surface area contributed by atoms with Gasteiger partial charge in [-0.25, -0.2) is 0 Å². The van der Waals surface area contributed by atoms with E-state index in [1.165, 1.54) is 11.0 Å². The van der Waals surface area contributed by atoms with Crippen LogP contribution in [0, 0.1) is 17.8 Å². The summed E-state index contributed by atoms with van der Waals surface area (Å²) >= 11 is 0. The van der Waals surface area contributed by atoms with Crippen LogP contribution in [0.5, 0.6) is 5.75 Å². The molecule has 2 unspecified atom stereocenters. The van der Waals surface area contributed by atoms with Crippen molar-refractivity contribution in [1.29, 1.82) is 0 Å². The number of aliphatic hydroxyl groups excluding tert-OH is 2. The molecule has 2 fully saturated rings. The molecule has 3 aliphatic carbocycles. The summed E-state index contributed by atoms with van der Waals surface area (Å²) in [7, 11) is 3.10. The number of hydrogen-bond acceptors (Lipinski definition) is 10. The lowest BCUT2D eigenvalue weighted by Crippen LogP contribution is -2.65. The second kappa shape index (κ2) is 10.3. The molecule has 5 rings (SSSR count). The van der Waals surface area contributed by atoms with Crippen LogP contribution < -0.4 is 11.1 Å². The van der Waals surface area contributed by atoms with Gasteiger partial charge in [0, 0.05) is 11.5 Å². The van der Waals surface area contributed by atoms with E-state index >= 15 is 0 Å². The van der Waals surface area contributed by atoms with Crippen molar-refractivity contribution in [2.24, 2.45) is 23.5 Å². The molecule has 0 aromatic heterocycles. The highest BCUT2D eigenvalue weighted by Gasteiger charge is 2.64. The van der Waals surface area contributed by atoms with Crippen molar-refractivity contribution in [3.05, 3.63) is 40.2 Å². The van der Waals surface area contributed by atoms with Crippen LogP contribution in [0.25, 0.3) is 5.76 Å². The van der Waals surface area contributed by atoms with E-state index in [1.807, 2.05) is 4.90 Å². The molecule has 1 aromatic carbocycles. The number of nitrogens with zero attached hydrogens (tertiary/aromatic N) is 2. The smallest absolute Gasteiger partial charge is 0.255 e.